The minimum absolute atomic E-state index is 0.143. The van der Waals surface area contributed by atoms with E-state index in [-0.39, 0.29) is 24.2 Å². The molecular formula is C21H30N4O4. The zero-order valence-electron chi connectivity index (χ0n) is 17.1. The maximum absolute atomic E-state index is 12.9. The molecule has 158 valence electrons. The number of carbonyl (C=O) groups excluding carboxylic acids is 3. The zero-order chi connectivity index (χ0) is 21.4. The van der Waals surface area contributed by atoms with E-state index in [1.165, 1.54) is 0 Å². The number of H-pyrrole nitrogens is 1. The Balaban J connectivity index is 2.20. The van der Waals surface area contributed by atoms with Gasteiger partial charge in [-0.1, -0.05) is 32.0 Å². The Hall–Kier alpha value is -2.87. The van der Waals surface area contributed by atoms with Crippen molar-refractivity contribution in [2.24, 2.45) is 11.8 Å². The number of amides is 3. The second-order valence-electron chi connectivity index (χ2n) is 7.58. The molecule has 0 unspecified atom stereocenters. The van der Waals surface area contributed by atoms with Gasteiger partial charge < -0.3 is 15.6 Å². The van der Waals surface area contributed by atoms with Crippen LogP contribution in [0.2, 0.25) is 0 Å². The predicted octanol–water partition coefficient (Wildman–Crippen LogP) is 1.89. The Morgan fingerprint density at radius 2 is 1.86 bits per heavy atom. The summed E-state index contributed by atoms with van der Waals surface area (Å²) >= 11 is 0. The van der Waals surface area contributed by atoms with Crippen molar-refractivity contribution in [1.29, 1.82) is 0 Å². The van der Waals surface area contributed by atoms with Gasteiger partial charge in [-0.05, 0) is 30.9 Å². The van der Waals surface area contributed by atoms with Crippen LogP contribution in [0.25, 0.3) is 10.9 Å². The molecule has 29 heavy (non-hydrogen) atoms. The van der Waals surface area contributed by atoms with Gasteiger partial charge in [-0.15, -0.1) is 0 Å². The Bertz CT molecular complexity index is 846. The molecule has 8 nitrogen and oxygen atoms in total. The van der Waals surface area contributed by atoms with Gasteiger partial charge >= 0.3 is 0 Å². The van der Waals surface area contributed by atoms with Gasteiger partial charge in [0.2, 0.25) is 17.7 Å². The molecule has 1 aromatic carbocycles. The summed E-state index contributed by atoms with van der Waals surface area (Å²) in [6.45, 7) is 6.16. The number of para-hydroxylation sites is 1. The standard InChI is InChI=1S/C21H30N4O4/c1-4-22-21(28)18(10-15-12-23-17-8-6-5-7-16(15)17)24-20(27)14(9-13(2)3)11-19(26)25-29/h5-8,12-14,18,23,29H,4,9-11H2,1-3H3,(H,22,28)(H,24,27)(H,25,26)/t14-,18+/m1/s1. The zero-order valence-corrected chi connectivity index (χ0v) is 17.1. The highest BCUT2D eigenvalue weighted by Gasteiger charge is 2.28. The topological polar surface area (TPSA) is 123 Å². The molecule has 8 heteroatoms. The molecule has 0 fully saturated rings. The summed E-state index contributed by atoms with van der Waals surface area (Å²) in [5.41, 5.74) is 3.46. The molecule has 5 N–H and O–H groups in total. The van der Waals surface area contributed by atoms with E-state index in [4.69, 9.17) is 5.21 Å². The van der Waals surface area contributed by atoms with Gasteiger partial charge in [0.25, 0.3) is 0 Å². The van der Waals surface area contributed by atoms with Gasteiger partial charge in [0, 0.05) is 42.4 Å². The highest BCUT2D eigenvalue weighted by molar-refractivity contribution is 5.91. The monoisotopic (exact) mass is 402 g/mol. The maximum Gasteiger partial charge on any atom is 0.244 e. The molecule has 2 atom stereocenters. The molecule has 0 spiro atoms. The molecule has 0 radical (unpaired) electrons. The van der Waals surface area contributed by atoms with Crippen LogP contribution < -0.4 is 16.1 Å². The summed E-state index contributed by atoms with van der Waals surface area (Å²) in [5.74, 6) is -1.74. The maximum atomic E-state index is 12.9. The quantitative estimate of drug-likeness (QED) is 0.307. The van der Waals surface area contributed by atoms with Gasteiger partial charge in [0.1, 0.15) is 6.04 Å². The number of benzene rings is 1. The predicted molar refractivity (Wildman–Crippen MR) is 110 cm³/mol. The fourth-order valence-corrected chi connectivity index (χ4v) is 3.44. The fourth-order valence-electron chi connectivity index (χ4n) is 3.44. The van der Waals surface area contributed by atoms with E-state index < -0.39 is 17.9 Å². The number of hydrogen-bond acceptors (Lipinski definition) is 4. The minimum atomic E-state index is -0.770. The lowest BCUT2D eigenvalue weighted by Gasteiger charge is -2.23. The Morgan fingerprint density at radius 1 is 1.14 bits per heavy atom. The second kappa shape index (κ2) is 10.6. The first-order chi connectivity index (χ1) is 13.8. The normalized spacial score (nSPS) is 13.1. The fraction of sp³-hybridized carbons (Fsp3) is 0.476. The van der Waals surface area contributed by atoms with Crippen molar-refractivity contribution in [3.63, 3.8) is 0 Å². The molecule has 2 rings (SSSR count). The summed E-state index contributed by atoms with van der Waals surface area (Å²) in [5, 5.41) is 15.4. The molecule has 0 saturated carbocycles. The van der Waals surface area contributed by atoms with Crippen LogP contribution in [0.1, 0.15) is 39.2 Å². The lowest BCUT2D eigenvalue weighted by atomic mass is 9.92. The third-order valence-electron chi connectivity index (χ3n) is 4.77. The lowest BCUT2D eigenvalue weighted by Crippen LogP contribution is -2.50. The molecule has 1 heterocycles. The summed E-state index contributed by atoms with van der Waals surface area (Å²) in [4.78, 5) is 40.3. The number of carbonyl (C=O) groups is 3. The molecule has 2 aromatic rings. The van der Waals surface area contributed by atoms with Crippen molar-refractivity contribution in [3.05, 3.63) is 36.0 Å². The first kappa shape index (κ1) is 22.4. The lowest BCUT2D eigenvalue weighted by molar-refractivity contribution is -0.136. The average Bonchev–Trinajstić information content (AvgIpc) is 3.09. The van der Waals surface area contributed by atoms with Gasteiger partial charge in [-0.2, -0.15) is 0 Å². The van der Waals surface area contributed by atoms with E-state index in [0.717, 1.165) is 16.5 Å². The molecule has 0 aliphatic rings. The molecular weight excluding hydrogens is 372 g/mol. The van der Waals surface area contributed by atoms with Crippen LogP contribution in [0, 0.1) is 11.8 Å². The second-order valence-corrected chi connectivity index (χ2v) is 7.58. The van der Waals surface area contributed by atoms with Crippen LogP contribution in [0.3, 0.4) is 0 Å². The average molecular weight is 402 g/mol. The summed E-state index contributed by atoms with van der Waals surface area (Å²) < 4.78 is 0. The molecule has 0 aliphatic heterocycles. The Kier molecular flexibility index (Phi) is 8.21. The van der Waals surface area contributed by atoms with E-state index in [9.17, 15) is 14.4 Å². The number of aromatic amines is 1. The van der Waals surface area contributed by atoms with Crippen molar-refractivity contribution in [1.82, 2.24) is 21.1 Å². The summed E-state index contributed by atoms with van der Waals surface area (Å²) in [6.07, 6.45) is 2.49. The molecule has 0 saturated heterocycles. The van der Waals surface area contributed by atoms with E-state index in [0.29, 0.717) is 19.4 Å². The van der Waals surface area contributed by atoms with Crippen LogP contribution in [-0.2, 0) is 20.8 Å². The van der Waals surface area contributed by atoms with E-state index in [1.54, 1.807) is 5.48 Å². The van der Waals surface area contributed by atoms with Crippen LogP contribution >= 0.6 is 0 Å². The third-order valence-corrected chi connectivity index (χ3v) is 4.77. The number of likely N-dealkylation sites (N-methyl/N-ethyl adjacent to an activating group) is 1. The number of hydrogen-bond donors (Lipinski definition) is 5. The number of rotatable bonds is 10. The molecule has 3 amide bonds. The van der Waals surface area contributed by atoms with Gasteiger partial charge in [-0.25, -0.2) is 5.48 Å². The number of hydroxylamine groups is 1. The Morgan fingerprint density at radius 3 is 2.52 bits per heavy atom. The minimum Gasteiger partial charge on any atom is -0.361 e. The van der Waals surface area contributed by atoms with Crippen molar-refractivity contribution < 1.29 is 19.6 Å². The van der Waals surface area contributed by atoms with Crippen LogP contribution in [0.5, 0.6) is 0 Å². The van der Waals surface area contributed by atoms with Gasteiger partial charge in [-0.3, -0.25) is 19.6 Å². The van der Waals surface area contributed by atoms with Crippen LogP contribution in [0.4, 0.5) is 0 Å². The highest BCUT2D eigenvalue weighted by Crippen LogP contribution is 2.20. The van der Waals surface area contributed by atoms with E-state index in [2.05, 4.69) is 15.6 Å². The number of nitrogens with one attached hydrogen (secondary N) is 4. The van der Waals surface area contributed by atoms with E-state index >= 15 is 0 Å². The van der Waals surface area contributed by atoms with Crippen molar-refractivity contribution in [2.45, 2.75) is 46.1 Å². The van der Waals surface area contributed by atoms with Crippen LogP contribution in [-0.4, -0.2) is 40.5 Å². The number of aromatic nitrogens is 1. The molecule has 1 aromatic heterocycles. The Labute approximate surface area is 170 Å². The van der Waals surface area contributed by atoms with E-state index in [1.807, 2.05) is 51.2 Å². The van der Waals surface area contributed by atoms with Gasteiger partial charge in [0.05, 0.1) is 0 Å². The molecule has 0 aliphatic carbocycles. The highest BCUT2D eigenvalue weighted by atomic mass is 16.5. The summed E-state index contributed by atoms with van der Waals surface area (Å²) in [6, 6.07) is 6.99. The SMILES string of the molecule is CCNC(=O)[C@H](Cc1c[nH]c2ccccc12)NC(=O)[C@@H](CC(=O)NO)CC(C)C. The van der Waals surface area contributed by atoms with Crippen molar-refractivity contribution in [2.75, 3.05) is 6.54 Å². The van der Waals surface area contributed by atoms with Crippen molar-refractivity contribution >= 4 is 28.6 Å². The molecule has 0 bridgehead atoms. The van der Waals surface area contributed by atoms with Crippen molar-refractivity contribution in [3.8, 4) is 0 Å². The third kappa shape index (κ3) is 6.32. The smallest absolute Gasteiger partial charge is 0.244 e. The first-order valence-electron chi connectivity index (χ1n) is 9.91. The van der Waals surface area contributed by atoms with Gasteiger partial charge in [0.15, 0.2) is 0 Å². The van der Waals surface area contributed by atoms with Crippen LogP contribution in [0.15, 0.2) is 30.5 Å². The summed E-state index contributed by atoms with van der Waals surface area (Å²) in [7, 11) is 0. The number of fused-ring (bicyclic) bond motifs is 1. The first-order valence-corrected chi connectivity index (χ1v) is 9.91. The largest absolute Gasteiger partial charge is 0.361 e.